The number of unbranched alkanes of at least 4 members (excludes halogenated alkanes) is 16. The molecule has 73 heavy (non-hydrogen) atoms. The number of aliphatic hydroxyl groups excluding tert-OH is 7. The van der Waals surface area contributed by atoms with Crippen molar-refractivity contribution in [2.45, 2.75) is 248 Å². The van der Waals surface area contributed by atoms with Crippen molar-refractivity contribution in [2.75, 3.05) is 33.0 Å². The number of ether oxygens (including phenoxy) is 6. The summed E-state index contributed by atoms with van der Waals surface area (Å²) in [5.74, 6) is -0.421. The Kier molecular flexibility index (Phi) is 41.2. The first-order valence-corrected chi connectivity index (χ1v) is 28.2. The number of rotatable bonds is 44. The predicted molar refractivity (Wildman–Crippen MR) is 288 cm³/mol. The third-order valence-electron chi connectivity index (χ3n) is 12.9. The highest BCUT2D eigenvalue weighted by Crippen LogP contribution is 2.26. The Hall–Kier alpha value is -2.83. The van der Waals surface area contributed by atoms with Crippen LogP contribution in [0.15, 0.2) is 85.1 Å². The Morgan fingerprint density at radius 1 is 0.466 bits per heavy atom. The van der Waals surface area contributed by atoms with E-state index in [9.17, 15) is 40.5 Å². The molecule has 0 aromatic carbocycles. The molecule has 0 bridgehead atoms. The number of hydrogen-bond donors (Lipinski definition) is 7. The van der Waals surface area contributed by atoms with Crippen LogP contribution in [0.1, 0.15) is 181 Å². The van der Waals surface area contributed by atoms with Gasteiger partial charge >= 0.3 is 5.97 Å². The largest absolute Gasteiger partial charge is 0.457 e. The van der Waals surface area contributed by atoms with Crippen LogP contribution < -0.4 is 0 Å². The lowest BCUT2D eigenvalue weighted by molar-refractivity contribution is -0.332. The van der Waals surface area contributed by atoms with Gasteiger partial charge in [-0.25, -0.2) is 0 Å². The van der Waals surface area contributed by atoms with Crippen LogP contribution in [0.3, 0.4) is 0 Å². The van der Waals surface area contributed by atoms with E-state index in [0.29, 0.717) is 13.0 Å². The summed E-state index contributed by atoms with van der Waals surface area (Å²) in [6.45, 7) is 3.50. The van der Waals surface area contributed by atoms with Crippen LogP contribution in [0.5, 0.6) is 0 Å². The van der Waals surface area contributed by atoms with E-state index in [1.54, 1.807) is 0 Å². The van der Waals surface area contributed by atoms with Crippen molar-refractivity contribution in [1.29, 1.82) is 0 Å². The number of carbonyl (C=O) groups excluding carboxylic acids is 1. The summed E-state index contributed by atoms with van der Waals surface area (Å²) in [5, 5.41) is 72.3. The predicted octanol–water partition coefficient (Wildman–Crippen LogP) is 9.63. The van der Waals surface area contributed by atoms with Crippen molar-refractivity contribution in [3.8, 4) is 0 Å². The monoisotopic (exact) mass is 1030 g/mol. The highest BCUT2D eigenvalue weighted by molar-refractivity contribution is 5.69. The fourth-order valence-electron chi connectivity index (χ4n) is 8.34. The third-order valence-corrected chi connectivity index (χ3v) is 12.9. The van der Waals surface area contributed by atoms with Gasteiger partial charge in [0, 0.05) is 13.0 Å². The highest BCUT2D eigenvalue weighted by Gasteiger charge is 2.47. The smallest absolute Gasteiger partial charge is 0.306 e. The molecule has 11 unspecified atom stereocenters. The lowest BCUT2D eigenvalue weighted by Crippen LogP contribution is -2.61. The summed E-state index contributed by atoms with van der Waals surface area (Å²) < 4.78 is 34.3. The molecule has 2 fully saturated rings. The molecule has 0 amide bonds. The first-order valence-electron chi connectivity index (χ1n) is 28.2. The minimum atomic E-state index is -1.72. The molecule has 0 aliphatic carbocycles. The van der Waals surface area contributed by atoms with Crippen molar-refractivity contribution in [1.82, 2.24) is 0 Å². The maximum absolute atomic E-state index is 13.0. The lowest BCUT2D eigenvalue weighted by atomic mass is 9.98. The summed E-state index contributed by atoms with van der Waals surface area (Å²) in [6.07, 6.45) is 42.1. The molecule has 2 saturated heterocycles. The molecule has 11 atom stereocenters. The summed E-state index contributed by atoms with van der Waals surface area (Å²) in [7, 11) is 0. The summed E-state index contributed by atoms with van der Waals surface area (Å²) in [6, 6.07) is 0. The van der Waals surface area contributed by atoms with E-state index in [-0.39, 0.29) is 19.6 Å². The van der Waals surface area contributed by atoms with Gasteiger partial charge in [-0.1, -0.05) is 170 Å². The van der Waals surface area contributed by atoms with Gasteiger partial charge < -0.3 is 64.2 Å². The van der Waals surface area contributed by atoms with Crippen molar-refractivity contribution in [3.05, 3.63) is 85.1 Å². The van der Waals surface area contributed by atoms with Gasteiger partial charge in [-0.2, -0.15) is 0 Å². The standard InChI is InChI=1S/C59H100O14/c1-3-5-7-9-11-13-15-17-19-21-23-24-25-26-28-30-32-34-36-38-40-42-51(61)71-48(45-68-43-41-39-37-35-33-31-29-27-22-20-18-16-14-12-10-8-6-4-2)46-69-58-57(67)55(65)53(63)50(73-58)47-70-59-56(66)54(64)52(62)49(44-60)72-59/h5,7,11,13,17-20,23-24,26,28,32,34,48-50,52-60,62-67H,3-4,6,8-10,12,14-16,21-22,25,27,29-31,33,35-47H2,1-2H3/b7-5-,13-11-,19-17-,20-18-,24-23-,28-26-,34-32-. The molecule has 420 valence electrons. The normalized spacial score (nSPS) is 25.6. The van der Waals surface area contributed by atoms with Crippen LogP contribution in [-0.2, 0) is 33.2 Å². The Balaban J connectivity index is 1.76. The minimum Gasteiger partial charge on any atom is -0.457 e. The van der Waals surface area contributed by atoms with Gasteiger partial charge in [0.2, 0.25) is 0 Å². The van der Waals surface area contributed by atoms with E-state index in [2.05, 4.69) is 98.9 Å². The zero-order valence-corrected chi connectivity index (χ0v) is 44.8. The summed E-state index contributed by atoms with van der Waals surface area (Å²) in [4.78, 5) is 13.0. The molecule has 0 aromatic heterocycles. The van der Waals surface area contributed by atoms with Crippen molar-refractivity contribution in [2.24, 2.45) is 0 Å². The fourth-order valence-corrected chi connectivity index (χ4v) is 8.34. The van der Waals surface area contributed by atoms with Crippen LogP contribution in [0, 0.1) is 0 Å². The fraction of sp³-hybridized carbons (Fsp3) is 0.746. The second-order valence-electron chi connectivity index (χ2n) is 19.4. The molecule has 2 heterocycles. The first kappa shape index (κ1) is 66.3. The van der Waals surface area contributed by atoms with E-state index < -0.39 is 86.7 Å². The van der Waals surface area contributed by atoms with Crippen LogP contribution in [-0.4, -0.2) is 142 Å². The van der Waals surface area contributed by atoms with Gasteiger partial charge in [-0.05, 0) is 89.9 Å². The molecule has 0 radical (unpaired) electrons. The van der Waals surface area contributed by atoms with Crippen molar-refractivity contribution >= 4 is 5.97 Å². The number of carbonyl (C=O) groups is 1. The molecule has 0 aromatic rings. The molecular weight excluding hydrogens is 933 g/mol. The average molecular weight is 1030 g/mol. The maximum atomic E-state index is 13.0. The van der Waals surface area contributed by atoms with Gasteiger partial charge in [0.25, 0.3) is 0 Å². The number of esters is 1. The van der Waals surface area contributed by atoms with Gasteiger partial charge in [-0.15, -0.1) is 0 Å². The number of allylic oxidation sites excluding steroid dienone is 14. The molecule has 14 heteroatoms. The summed E-state index contributed by atoms with van der Waals surface area (Å²) >= 11 is 0. The molecule has 2 aliphatic rings. The van der Waals surface area contributed by atoms with E-state index in [0.717, 1.165) is 70.6 Å². The maximum Gasteiger partial charge on any atom is 0.306 e. The van der Waals surface area contributed by atoms with E-state index >= 15 is 0 Å². The Morgan fingerprint density at radius 3 is 1.41 bits per heavy atom. The van der Waals surface area contributed by atoms with Gasteiger partial charge in [0.1, 0.15) is 54.9 Å². The number of hydrogen-bond acceptors (Lipinski definition) is 14. The average Bonchev–Trinajstić information content (AvgIpc) is 3.39. The molecule has 0 spiro atoms. The molecule has 0 saturated carbocycles. The molecular formula is C59H100O14. The van der Waals surface area contributed by atoms with Crippen LogP contribution in [0.25, 0.3) is 0 Å². The zero-order chi connectivity index (χ0) is 53.0. The molecule has 2 rings (SSSR count). The van der Waals surface area contributed by atoms with Crippen LogP contribution >= 0.6 is 0 Å². The Bertz CT molecular complexity index is 1530. The summed E-state index contributed by atoms with van der Waals surface area (Å²) in [5.41, 5.74) is 0. The number of aliphatic hydroxyl groups is 7. The highest BCUT2D eigenvalue weighted by atomic mass is 16.7. The van der Waals surface area contributed by atoms with Gasteiger partial charge in [0.05, 0.1) is 26.4 Å². The van der Waals surface area contributed by atoms with Crippen molar-refractivity contribution in [3.63, 3.8) is 0 Å². The molecule has 2 aliphatic heterocycles. The van der Waals surface area contributed by atoms with E-state index in [4.69, 9.17) is 28.4 Å². The Morgan fingerprint density at radius 2 is 0.890 bits per heavy atom. The van der Waals surface area contributed by atoms with E-state index in [1.165, 1.54) is 83.5 Å². The minimum absolute atomic E-state index is 0.0370. The second kappa shape index (κ2) is 45.4. The first-order chi connectivity index (χ1) is 35.6. The Labute approximate surface area is 439 Å². The van der Waals surface area contributed by atoms with E-state index in [1.807, 2.05) is 0 Å². The molecule has 7 N–H and O–H groups in total. The van der Waals surface area contributed by atoms with Crippen LogP contribution in [0.2, 0.25) is 0 Å². The lowest BCUT2D eigenvalue weighted by Gasteiger charge is -2.42. The van der Waals surface area contributed by atoms with Gasteiger partial charge in [-0.3, -0.25) is 4.79 Å². The quantitative estimate of drug-likeness (QED) is 0.0172. The third kappa shape index (κ3) is 32.4. The topological polar surface area (TPSA) is 214 Å². The SMILES string of the molecule is CC/C=C\C/C=C\C/C=C\C/C=C\C/C=C\C/C=C\CCCCC(=O)OC(COCCCCCCCCCC/C=C\CCCCCCCC)COC1OC(COC2OC(CO)C(O)C(O)C2O)C(O)C(O)C1O. The van der Waals surface area contributed by atoms with Gasteiger partial charge in [0.15, 0.2) is 12.6 Å². The zero-order valence-electron chi connectivity index (χ0n) is 44.8. The van der Waals surface area contributed by atoms with Crippen LogP contribution in [0.4, 0.5) is 0 Å². The van der Waals surface area contributed by atoms with Crippen molar-refractivity contribution < 1.29 is 69.0 Å². The molecule has 14 nitrogen and oxygen atoms in total. The second-order valence-corrected chi connectivity index (χ2v) is 19.4.